The van der Waals surface area contributed by atoms with Crippen molar-refractivity contribution in [3.63, 3.8) is 0 Å². The second-order valence-corrected chi connectivity index (χ2v) is 6.60. The normalized spacial score (nSPS) is 14.5. The van der Waals surface area contributed by atoms with E-state index in [-0.39, 0.29) is 31.0 Å². The van der Waals surface area contributed by atoms with Gasteiger partial charge in [-0.2, -0.15) is 0 Å². The van der Waals surface area contributed by atoms with Crippen LogP contribution in [0.4, 0.5) is 10.1 Å². The molecule has 1 aromatic rings. The second-order valence-electron chi connectivity index (χ2n) is 4.67. The lowest BCUT2D eigenvalue weighted by atomic mass is 10.2. The van der Waals surface area contributed by atoms with Crippen molar-refractivity contribution in [3.05, 3.63) is 37.3 Å². The van der Waals surface area contributed by atoms with Crippen LogP contribution in [-0.4, -0.2) is 48.7 Å². The monoisotopic (exact) mass is 498 g/mol. The highest BCUT2D eigenvalue weighted by atomic mass is 127. The van der Waals surface area contributed by atoms with Crippen LogP contribution >= 0.6 is 38.5 Å². The lowest BCUT2D eigenvalue weighted by Crippen LogP contribution is -2.31. The average molecular weight is 499 g/mol. The van der Waals surface area contributed by atoms with Crippen LogP contribution in [-0.2, 0) is 14.3 Å². The molecular formula is C14H13BrFIN2O4. The second kappa shape index (κ2) is 7.58. The van der Waals surface area contributed by atoms with Crippen molar-refractivity contribution in [2.75, 3.05) is 32.1 Å². The summed E-state index contributed by atoms with van der Waals surface area (Å²) in [6, 6.07) is 2.54. The molecule has 0 bridgehead atoms. The Morgan fingerprint density at radius 1 is 1.57 bits per heavy atom. The van der Waals surface area contributed by atoms with Gasteiger partial charge in [0, 0.05) is 11.0 Å². The van der Waals surface area contributed by atoms with E-state index < -0.39 is 17.7 Å². The first-order valence-corrected chi connectivity index (χ1v) is 8.39. The fourth-order valence-electron chi connectivity index (χ4n) is 2.13. The highest BCUT2D eigenvalue weighted by Crippen LogP contribution is 2.31. The van der Waals surface area contributed by atoms with Gasteiger partial charge in [0.15, 0.2) is 0 Å². The summed E-state index contributed by atoms with van der Waals surface area (Å²) in [5.74, 6) is -1.58. The lowest BCUT2D eigenvalue weighted by Gasteiger charge is -2.15. The Kier molecular flexibility index (Phi) is 5.98. The molecule has 23 heavy (non-hydrogen) atoms. The molecule has 1 aliphatic rings. The number of rotatable bonds is 5. The topological polar surface area (TPSA) is 78.9 Å². The third-order valence-electron chi connectivity index (χ3n) is 3.21. The molecular weight excluding hydrogens is 486 g/mol. The van der Waals surface area contributed by atoms with Gasteiger partial charge in [0.2, 0.25) is 0 Å². The molecule has 0 saturated heterocycles. The van der Waals surface area contributed by atoms with Crippen LogP contribution in [0.2, 0.25) is 0 Å². The first-order valence-electron chi connectivity index (χ1n) is 6.52. The van der Waals surface area contributed by atoms with Crippen molar-refractivity contribution in [2.24, 2.45) is 0 Å². The van der Waals surface area contributed by atoms with Crippen molar-refractivity contribution in [2.45, 2.75) is 0 Å². The summed E-state index contributed by atoms with van der Waals surface area (Å²) in [5, 5.41) is 11.8. The third kappa shape index (κ3) is 3.83. The average Bonchev–Trinajstić information content (AvgIpc) is 2.81. The van der Waals surface area contributed by atoms with Gasteiger partial charge in [-0.25, -0.2) is 9.18 Å². The van der Waals surface area contributed by atoms with Gasteiger partial charge in [0.05, 0.1) is 35.1 Å². The number of methoxy groups -OCH3 is 1. The van der Waals surface area contributed by atoms with E-state index in [0.29, 0.717) is 13.7 Å². The zero-order chi connectivity index (χ0) is 17.1. The van der Waals surface area contributed by atoms with Crippen molar-refractivity contribution < 1.29 is 23.8 Å². The lowest BCUT2D eigenvalue weighted by molar-refractivity contribution is -0.136. The van der Waals surface area contributed by atoms with E-state index in [0.717, 1.165) is 0 Å². The molecule has 0 unspecified atom stereocenters. The third-order valence-corrected chi connectivity index (χ3v) is 5.74. The van der Waals surface area contributed by atoms with Gasteiger partial charge < -0.3 is 20.1 Å². The molecule has 0 fully saturated rings. The molecule has 1 amide bonds. The minimum absolute atomic E-state index is 0.0284. The largest absolute Gasteiger partial charge is 0.466 e. The predicted octanol–water partition coefficient (Wildman–Crippen LogP) is 1.87. The van der Waals surface area contributed by atoms with E-state index in [4.69, 9.17) is 9.84 Å². The van der Waals surface area contributed by atoms with Gasteiger partial charge in [0.25, 0.3) is 5.91 Å². The first-order chi connectivity index (χ1) is 10.9. The van der Waals surface area contributed by atoms with Crippen LogP contribution in [0.1, 0.15) is 0 Å². The smallest absolute Gasteiger partial charge is 0.337 e. The number of carbonyl (C=O) groups is 2. The molecule has 0 aliphatic carbocycles. The summed E-state index contributed by atoms with van der Waals surface area (Å²) in [7, 11) is 1.22. The number of anilines is 1. The van der Waals surface area contributed by atoms with E-state index in [2.05, 4.69) is 21.2 Å². The Balaban J connectivity index is 2.41. The van der Waals surface area contributed by atoms with Crippen molar-refractivity contribution in [3.8, 4) is 0 Å². The fourth-order valence-corrected chi connectivity index (χ4v) is 3.01. The SMILES string of the molecule is COC(=O)C1=C(Nc2cc(F)cc(Br)c2I)C(=O)N(CCO)C1. The molecule has 0 saturated carbocycles. The highest BCUT2D eigenvalue weighted by molar-refractivity contribution is 14.1. The van der Waals surface area contributed by atoms with Gasteiger partial charge >= 0.3 is 5.97 Å². The molecule has 1 heterocycles. The van der Waals surface area contributed by atoms with Crippen LogP contribution in [0.3, 0.4) is 0 Å². The number of carbonyl (C=O) groups excluding carboxylic acids is 2. The Bertz CT molecular complexity index is 696. The van der Waals surface area contributed by atoms with E-state index in [1.165, 1.54) is 24.1 Å². The molecule has 1 aromatic carbocycles. The number of hydrogen-bond donors (Lipinski definition) is 2. The van der Waals surface area contributed by atoms with Crippen LogP contribution < -0.4 is 5.32 Å². The number of esters is 1. The van der Waals surface area contributed by atoms with Gasteiger partial charge in [-0.05, 0) is 50.7 Å². The van der Waals surface area contributed by atoms with E-state index in [1.54, 1.807) is 0 Å². The summed E-state index contributed by atoms with van der Waals surface area (Å²) < 4.78 is 19.5. The standard InChI is InChI=1S/C14H13BrFIN2O4/c1-23-14(22)8-6-19(2-3-20)13(21)12(8)18-10-5-7(16)4-9(15)11(10)17/h4-5,18,20H,2-3,6H2,1H3. The van der Waals surface area contributed by atoms with Gasteiger partial charge in [-0.3, -0.25) is 4.79 Å². The Morgan fingerprint density at radius 2 is 2.26 bits per heavy atom. The number of aliphatic hydroxyl groups is 1. The minimum Gasteiger partial charge on any atom is -0.466 e. The molecule has 2 N–H and O–H groups in total. The van der Waals surface area contributed by atoms with Gasteiger partial charge in [-0.15, -0.1) is 0 Å². The molecule has 1 aliphatic heterocycles. The first kappa shape index (κ1) is 18.1. The fraction of sp³-hybridized carbons (Fsp3) is 0.286. The van der Waals surface area contributed by atoms with Crippen molar-refractivity contribution in [1.82, 2.24) is 4.90 Å². The molecule has 0 atom stereocenters. The van der Waals surface area contributed by atoms with Crippen molar-refractivity contribution >= 4 is 56.1 Å². The quantitative estimate of drug-likeness (QED) is 0.368. The molecule has 0 aromatic heterocycles. The molecule has 6 nitrogen and oxygen atoms in total. The number of hydrogen-bond acceptors (Lipinski definition) is 5. The number of nitrogens with one attached hydrogen (secondary N) is 1. The maximum atomic E-state index is 13.6. The maximum absolute atomic E-state index is 13.6. The molecule has 0 spiro atoms. The number of aliphatic hydroxyl groups excluding tert-OH is 1. The molecule has 124 valence electrons. The summed E-state index contributed by atoms with van der Waals surface area (Å²) in [5.41, 5.74) is 0.524. The van der Waals surface area contributed by atoms with Gasteiger partial charge in [-0.1, -0.05) is 0 Å². The number of halogens is 3. The predicted molar refractivity (Wildman–Crippen MR) is 93.1 cm³/mol. The van der Waals surface area contributed by atoms with Crippen molar-refractivity contribution in [1.29, 1.82) is 0 Å². The minimum atomic E-state index is -0.647. The summed E-state index contributed by atoms with van der Waals surface area (Å²) in [4.78, 5) is 25.6. The maximum Gasteiger partial charge on any atom is 0.337 e. The molecule has 2 rings (SSSR count). The van der Waals surface area contributed by atoms with E-state index >= 15 is 0 Å². The van der Waals surface area contributed by atoms with Gasteiger partial charge in [0.1, 0.15) is 11.5 Å². The van der Waals surface area contributed by atoms with Crippen LogP contribution in [0, 0.1) is 9.39 Å². The Morgan fingerprint density at radius 3 is 2.87 bits per heavy atom. The number of nitrogens with zero attached hydrogens (tertiary/aromatic N) is 1. The number of β-amino-alcohol motifs (C(OH)–C–C–N with tert-alkyl or cyclic N) is 1. The number of amides is 1. The number of ether oxygens (including phenoxy) is 1. The van der Waals surface area contributed by atoms with E-state index in [1.807, 2.05) is 22.6 Å². The Hall–Kier alpha value is -1.20. The summed E-state index contributed by atoms with van der Waals surface area (Å²) in [6.07, 6.45) is 0. The zero-order valence-corrected chi connectivity index (χ0v) is 15.8. The van der Waals surface area contributed by atoms with Crippen LogP contribution in [0.15, 0.2) is 27.9 Å². The summed E-state index contributed by atoms with van der Waals surface area (Å²) >= 11 is 5.22. The summed E-state index contributed by atoms with van der Waals surface area (Å²) in [6.45, 7) is -0.105. The van der Waals surface area contributed by atoms with Crippen LogP contribution in [0.25, 0.3) is 0 Å². The highest BCUT2D eigenvalue weighted by Gasteiger charge is 2.34. The molecule has 9 heteroatoms. The van der Waals surface area contributed by atoms with Crippen LogP contribution in [0.5, 0.6) is 0 Å². The Labute approximate surface area is 153 Å². The van der Waals surface area contributed by atoms with E-state index in [9.17, 15) is 14.0 Å². The molecule has 0 radical (unpaired) electrons. The number of benzene rings is 1. The zero-order valence-electron chi connectivity index (χ0n) is 12.0.